The minimum absolute atomic E-state index is 0.00895. The average molecular weight is 328 g/mol. The van der Waals surface area contributed by atoms with E-state index in [-0.39, 0.29) is 18.5 Å². The highest BCUT2D eigenvalue weighted by Crippen LogP contribution is 2.25. The molecule has 0 bridgehead atoms. The molecule has 0 saturated carbocycles. The van der Waals surface area contributed by atoms with E-state index in [4.69, 9.17) is 0 Å². The Morgan fingerprint density at radius 2 is 1.62 bits per heavy atom. The summed E-state index contributed by atoms with van der Waals surface area (Å²) in [6.45, 7) is 4.11. The van der Waals surface area contributed by atoms with Gasteiger partial charge in [0.25, 0.3) is 0 Å². The van der Waals surface area contributed by atoms with Crippen molar-refractivity contribution in [2.75, 3.05) is 17.0 Å². The summed E-state index contributed by atoms with van der Waals surface area (Å²) >= 11 is 0. The van der Waals surface area contributed by atoms with Crippen LogP contribution in [0, 0.1) is 23.3 Å². The van der Waals surface area contributed by atoms with Crippen molar-refractivity contribution in [3.63, 3.8) is 0 Å². The Balaban J connectivity index is 2.81. The van der Waals surface area contributed by atoms with Gasteiger partial charge in [0, 0.05) is 12.1 Å². The third kappa shape index (κ3) is 5.16. The molecule has 120 valence electrons. The summed E-state index contributed by atoms with van der Waals surface area (Å²) in [6.07, 6.45) is 0.175. The zero-order valence-corrected chi connectivity index (χ0v) is 12.3. The highest BCUT2D eigenvalue weighted by molar-refractivity contribution is 7.92. The van der Waals surface area contributed by atoms with Crippen LogP contribution < -0.4 is 10.0 Å². The molecule has 0 amide bonds. The largest absolute Gasteiger partial charge is 0.314 e. The van der Waals surface area contributed by atoms with E-state index in [1.807, 2.05) is 13.8 Å². The number of sulfonamides is 1. The van der Waals surface area contributed by atoms with Crippen LogP contribution in [0.1, 0.15) is 20.3 Å². The lowest BCUT2D eigenvalue weighted by Crippen LogP contribution is -2.27. The molecule has 2 N–H and O–H groups in total. The summed E-state index contributed by atoms with van der Waals surface area (Å²) in [5.74, 6) is -7.35. The van der Waals surface area contributed by atoms with Crippen LogP contribution in [-0.2, 0) is 10.0 Å². The second-order valence-electron chi connectivity index (χ2n) is 4.73. The third-order valence-corrected chi connectivity index (χ3v) is 3.85. The number of rotatable bonds is 7. The molecule has 0 unspecified atom stereocenters. The highest BCUT2D eigenvalue weighted by Gasteiger charge is 2.23. The Labute approximate surface area is 120 Å². The van der Waals surface area contributed by atoms with Crippen molar-refractivity contribution >= 4 is 15.7 Å². The Kier molecular flexibility index (Phi) is 5.97. The number of halogens is 4. The van der Waals surface area contributed by atoms with Crippen molar-refractivity contribution in [2.24, 2.45) is 0 Å². The molecule has 0 saturated heterocycles. The lowest BCUT2D eigenvalue weighted by atomic mass is 10.3. The number of benzene rings is 1. The number of hydrogen-bond acceptors (Lipinski definition) is 3. The topological polar surface area (TPSA) is 58.2 Å². The zero-order valence-electron chi connectivity index (χ0n) is 11.5. The van der Waals surface area contributed by atoms with Crippen LogP contribution in [0.2, 0.25) is 0 Å². The summed E-state index contributed by atoms with van der Waals surface area (Å²) < 4.78 is 77.5. The predicted molar refractivity (Wildman–Crippen MR) is 71.4 cm³/mol. The van der Waals surface area contributed by atoms with Crippen LogP contribution in [0.15, 0.2) is 6.07 Å². The Bertz CT molecular complexity index is 580. The monoisotopic (exact) mass is 328 g/mol. The van der Waals surface area contributed by atoms with Gasteiger partial charge in [-0.1, -0.05) is 13.8 Å². The van der Waals surface area contributed by atoms with Crippen molar-refractivity contribution in [1.29, 1.82) is 0 Å². The van der Waals surface area contributed by atoms with Gasteiger partial charge in [-0.05, 0) is 13.0 Å². The highest BCUT2D eigenvalue weighted by atomic mass is 32.2. The molecule has 0 aliphatic rings. The fourth-order valence-electron chi connectivity index (χ4n) is 1.52. The van der Waals surface area contributed by atoms with Crippen molar-refractivity contribution in [3.05, 3.63) is 29.3 Å². The Morgan fingerprint density at radius 1 is 1.10 bits per heavy atom. The van der Waals surface area contributed by atoms with Crippen LogP contribution in [0.25, 0.3) is 0 Å². The lowest BCUT2D eigenvalue weighted by molar-refractivity contribution is 0.459. The molecule has 4 nitrogen and oxygen atoms in total. The molecule has 0 radical (unpaired) electrons. The van der Waals surface area contributed by atoms with E-state index in [0.717, 1.165) is 0 Å². The minimum Gasteiger partial charge on any atom is -0.314 e. The maximum Gasteiger partial charge on any atom is 0.232 e. The fraction of sp³-hybridized carbons (Fsp3) is 0.500. The van der Waals surface area contributed by atoms with Gasteiger partial charge in [0.05, 0.1) is 5.75 Å². The minimum atomic E-state index is -4.11. The first-order valence-electron chi connectivity index (χ1n) is 6.21. The van der Waals surface area contributed by atoms with Crippen molar-refractivity contribution < 1.29 is 26.0 Å². The van der Waals surface area contributed by atoms with Gasteiger partial charge in [0.2, 0.25) is 10.0 Å². The van der Waals surface area contributed by atoms with E-state index >= 15 is 0 Å². The normalized spacial score (nSPS) is 12.0. The van der Waals surface area contributed by atoms with Crippen LogP contribution in [0.4, 0.5) is 23.2 Å². The Morgan fingerprint density at radius 3 is 2.10 bits per heavy atom. The number of anilines is 1. The molecule has 0 aliphatic carbocycles. The standard InChI is InChI=1S/C12H16F4N2O2S/c1-7(2)17-4-3-5-21(19,20)18-12-10(15)8(13)6-9(14)11(12)16/h6-7,17-18H,3-5H2,1-2H3. The summed E-state index contributed by atoms with van der Waals surface area (Å²) in [6, 6.07) is 0.169. The van der Waals surface area contributed by atoms with E-state index in [1.165, 1.54) is 4.72 Å². The summed E-state index contributed by atoms with van der Waals surface area (Å²) in [5.41, 5.74) is -1.34. The van der Waals surface area contributed by atoms with E-state index < -0.39 is 44.7 Å². The molecule has 0 aliphatic heterocycles. The van der Waals surface area contributed by atoms with Gasteiger partial charge in [-0.3, -0.25) is 4.72 Å². The number of nitrogens with one attached hydrogen (secondary N) is 2. The second kappa shape index (κ2) is 7.08. The quantitative estimate of drug-likeness (QED) is 0.459. The van der Waals surface area contributed by atoms with Crippen LogP contribution >= 0.6 is 0 Å². The molecule has 0 spiro atoms. The van der Waals surface area contributed by atoms with E-state index in [1.54, 1.807) is 0 Å². The first-order valence-corrected chi connectivity index (χ1v) is 7.86. The first-order chi connectivity index (χ1) is 9.64. The van der Waals surface area contributed by atoms with Gasteiger partial charge in [0.15, 0.2) is 23.3 Å². The SMILES string of the molecule is CC(C)NCCCS(=O)(=O)Nc1c(F)c(F)cc(F)c1F. The molecular weight excluding hydrogens is 312 g/mol. The summed E-state index contributed by atoms with van der Waals surface area (Å²) in [7, 11) is -4.11. The average Bonchev–Trinajstić information content (AvgIpc) is 2.37. The molecule has 9 heteroatoms. The van der Waals surface area contributed by atoms with Crippen LogP contribution in [-0.4, -0.2) is 26.8 Å². The van der Waals surface area contributed by atoms with Gasteiger partial charge in [-0.15, -0.1) is 0 Å². The third-order valence-electron chi connectivity index (χ3n) is 2.51. The summed E-state index contributed by atoms with van der Waals surface area (Å²) in [5, 5.41) is 2.96. The maximum atomic E-state index is 13.3. The molecule has 1 rings (SSSR count). The molecule has 21 heavy (non-hydrogen) atoms. The summed E-state index contributed by atoms with van der Waals surface area (Å²) in [4.78, 5) is 0. The zero-order chi connectivity index (χ0) is 16.2. The van der Waals surface area contributed by atoms with Gasteiger partial charge < -0.3 is 5.32 Å². The van der Waals surface area contributed by atoms with Crippen molar-refractivity contribution in [1.82, 2.24) is 5.32 Å². The lowest BCUT2D eigenvalue weighted by Gasteiger charge is -2.11. The second-order valence-corrected chi connectivity index (χ2v) is 6.57. The van der Waals surface area contributed by atoms with Crippen LogP contribution in [0.3, 0.4) is 0 Å². The Hall–Kier alpha value is -1.35. The molecule has 1 aromatic rings. The van der Waals surface area contributed by atoms with Crippen molar-refractivity contribution in [3.8, 4) is 0 Å². The van der Waals surface area contributed by atoms with Gasteiger partial charge in [-0.2, -0.15) is 0 Å². The van der Waals surface area contributed by atoms with Crippen molar-refractivity contribution in [2.45, 2.75) is 26.3 Å². The first kappa shape index (κ1) is 17.7. The maximum absolute atomic E-state index is 13.3. The fourth-order valence-corrected chi connectivity index (χ4v) is 2.64. The van der Waals surface area contributed by atoms with E-state index in [0.29, 0.717) is 6.54 Å². The van der Waals surface area contributed by atoms with E-state index in [2.05, 4.69) is 5.32 Å². The van der Waals surface area contributed by atoms with Crippen LogP contribution in [0.5, 0.6) is 0 Å². The molecular formula is C12H16F4N2O2S. The van der Waals surface area contributed by atoms with E-state index in [9.17, 15) is 26.0 Å². The molecule has 0 aromatic heterocycles. The molecule has 0 atom stereocenters. The predicted octanol–water partition coefficient (Wildman–Crippen LogP) is 2.37. The molecule has 0 heterocycles. The number of hydrogen-bond donors (Lipinski definition) is 2. The smallest absolute Gasteiger partial charge is 0.232 e. The van der Waals surface area contributed by atoms with Gasteiger partial charge in [-0.25, -0.2) is 26.0 Å². The molecule has 0 fully saturated rings. The van der Waals surface area contributed by atoms with Gasteiger partial charge in [0.1, 0.15) is 5.69 Å². The molecule has 1 aromatic carbocycles. The van der Waals surface area contributed by atoms with Gasteiger partial charge >= 0.3 is 0 Å².